The summed E-state index contributed by atoms with van der Waals surface area (Å²) < 4.78 is 1.27. The first-order chi connectivity index (χ1) is 11.1. The second-order valence-electron chi connectivity index (χ2n) is 5.44. The van der Waals surface area contributed by atoms with Crippen LogP contribution in [0.15, 0.2) is 47.5 Å². The molecule has 1 atom stereocenters. The number of hydrogen-bond acceptors (Lipinski definition) is 3. The number of carbonyl (C=O) groups is 1. The first-order valence-electron chi connectivity index (χ1n) is 7.14. The molecular weight excluding hydrogens is 303 g/mol. The summed E-state index contributed by atoms with van der Waals surface area (Å²) in [6, 6.07) is 8.28. The van der Waals surface area contributed by atoms with E-state index in [-0.39, 0.29) is 30.8 Å². The predicted molar refractivity (Wildman–Crippen MR) is 84.6 cm³/mol. The van der Waals surface area contributed by atoms with Crippen LogP contribution in [-0.4, -0.2) is 30.8 Å². The van der Waals surface area contributed by atoms with E-state index in [4.69, 9.17) is 0 Å². The zero-order valence-electron chi connectivity index (χ0n) is 13.0. The number of hydrogen-bond donors (Lipinski definition) is 3. The number of aliphatic carboxylic acids is 1. The van der Waals surface area contributed by atoms with E-state index in [1.807, 2.05) is 24.3 Å². The molecule has 3 heterocycles. The maximum Gasteiger partial charge on any atom is 1.00 e. The van der Waals surface area contributed by atoms with Gasteiger partial charge >= 0.3 is 24.8 Å². The Hall–Kier alpha value is -2.62. The third-order valence-electron chi connectivity index (χ3n) is 4.06. The third kappa shape index (κ3) is 2.48. The fraction of sp³-hybridized carbons (Fsp3) is 0.125. The zero-order chi connectivity index (χ0) is 16.0. The zero-order valence-corrected chi connectivity index (χ0v) is 13.0. The molecule has 0 saturated carbocycles. The van der Waals surface area contributed by atoms with E-state index >= 15 is 0 Å². The average molecular weight is 316 g/mol. The molecule has 0 saturated heterocycles. The van der Waals surface area contributed by atoms with Crippen LogP contribution < -0.4 is 24.4 Å². The van der Waals surface area contributed by atoms with Crippen molar-refractivity contribution in [3.05, 3.63) is 58.8 Å². The molecule has 0 amide bonds. The molecular formula is C16H13LiN4O3. The number of fused-ring (bicyclic) bond motifs is 3. The maximum absolute atomic E-state index is 12.6. The van der Waals surface area contributed by atoms with Crippen molar-refractivity contribution in [3.63, 3.8) is 0 Å². The number of H-pyrrole nitrogens is 2. The van der Waals surface area contributed by atoms with Gasteiger partial charge in [0, 0.05) is 18.3 Å². The molecule has 0 fully saturated rings. The van der Waals surface area contributed by atoms with Crippen LogP contribution >= 0.6 is 0 Å². The van der Waals surface area contributed by atoms with Gasteiger partial charge in [0.15, 0.2) is 5.56 Å². The van der Waals surface area contributed by atoms with Crippen LogP contribution in [0.1, 0.15) is 11.7 Å². The van der Waals surface area contributed by atoms with Gasteiger partial charge in [-0.25, -0.2) is 0 Å². The Labute approximate surface area is 147 Å². The molecule has 24 heavy (non-hydrogen) atoms. The Kier molecular flexibility index (Phi) is 4.14. The SMILES string of the molecule is O=C(O)C(Cc1ccn[nH]1)n1[cH-]c2c([nH]c3ccccc32)c1=O.[Li+]. The Bertz CT molecular complexity index is 1060. The van der Waals surface area contributed by atoms with Gasteiger partial charge in [-0.15, -0.1) is 5.39 Å². The molecule has 0 spiro atoms. The molecule has 1 aromatic carbocycles. The van der Waals surface area contributed by atoms with Crippen LogP contribution in [0.4, 0.5) is 0 Å². The van der Waals surface area contributed by atoms with Crippen LogP contribution in [0, 0.1) is 0 Å². The topological polar surface area (TPSA) is 104 Å². The first-order valence-corrected chi connectivity index (χ1v) is 7.14. The molecule has 0 aliphatic carbocycles. The minimum atomic E-state index is -1.06. The van der Waals surface area contributed by atoms with Crippen molar-refractivity contribution in [2.24, 2.45) is 0 Å². The van der Waals surface area contributed by atoms with Gasteiger partial charge in [0.1, 0.15) is 6.04 Å². The predicted octanol–water partition coefficient (Wildman–Crippen LogP) is -1.20. The first kappa shape index (κ1) is 16.2. The number of aromatic amines is 2. The molecule has 8 heteroatoms. The van der Waals surface area contributed by atoms with Gasteiger partial charge < -0.3 is 19.5 Å². The van der Waals surface area contributed by atoms with E-state index in [2.05, 4.69) is 15.2 Å². The number of rotatable bonds is 4. The second kappa shape index (κ2) is 6.11. The van der Waals surface area contributed by atoms with Crippen molar-refractivity contribution in [2.75, 3.05) is 0 Å². The maximum atomic E-state index is 12.6. The summed E-state index contributed by atoms with van der Waals surface area (Å²) in [6.07, 6.45) is 3.34. The standard InChI is InChI=1S/C16H13N4O3.Li/c21-15-14-11(10-3-1-2-4-12(10)18-14)8-20(15)13(16(22)23)7-9-5-6-17-19-9;/h1-6,8,13,18H,7H2,(H,17,19)(H,22,23);/q-1;+1. The summed E-state index contributed by atoms with van der Waals surface area (Å²) >= 11 is 0. The third-order valence-corrected chi connectivity index (χ3v) is 4.06. The summed E-state index contributed by atoms with van der Waals surface area (Å²) in [4.78, 5) is 27.3. The Morgan fingerprint density at radius 1 is 1.33 bits per heavy atom. The summed E-state index contributed by atoms with van der Waals surface area (Å²) in [5.41, 5.74) is 1.63. The number of carboxylic acids is 1. The molecule has 3 aromatic heterocycles. The van der Waals surface area contributed by atoms with Gasteiger partial charge in [0.2, 0.25) is 0 Å². The molecule has 4 rings (SSSR count). The van der Waals surface area contributed by atoms with Crippen LogP contribution in [0.5, 0.6) is 0 Å². The van der Waals surface area contributed by atoms with Crippen molar-refractivity contribution < 1.29 is 28.8 Å². The van der Waals surface area contributed by atoms with E-state index in [0.717, 1.165) is 16.3 Å². The van der Waals surface area contributed by atoms with Crippen LogP contribution in [-0.2, 0) is 11.2 Å². The minimum Gasteiger partial charge on any atom is -0.480 e. The summed E-state index contributed by atoms with van der Waals surface area (Å²) in [5, 5.41) is 17.7. The van der Waals surface area contributed by atoms with Crippen molar-refractivity contribution in [3.8, 4) is 0 Å². The summed E-state index contributed by atoms with van der Waals surface area (Å²) in [6.45, 7) is 0. The molecule has 0 bridgehead atoms. The Morgan fingerprint density at radius 2 is 2.12 bits per heavy atom. The minimum absolute atomic E-state index is 0. The number of carboxylic acid groups (broad SMARTS) is 1. The quantitative estimate of drug-likeness (QED) is 0.325. The van der Waals surface area contributed by atoms with Gasteiger partial charge in [-0.3, -0.25) is 9.89 Å². The number of para-hydroxylation sites is 1. The fourth-order valence-corrected chi connectivity index (χ4v) is 2.94. The second-order valence-corrected chi connectivity index (χ2v) is 5.44. The molecule has 3 N–H and O–H groups in total. The van der Waals surface area contributed by atoms with Gasteiger partial charge in [-0.05, 0) is 23.2 Å². The molecule has 116 valence electrons. The van der Waals surface area contributed by atoms with Crippen molar-refractivity contribution in [1.82, 2.24) is 19.7 Å². The number of aromatic nitrogens is 4. The average Bonchev–Trinajstić information content (AvgIpc) is 3.23. The van der Waals surface area contributed by atoms with Gasteiger partial charge in [0.05, 0.1) is 0 Å². The molecule has 0 aliphatic heterocycles. The number of nitrogens with one attached hydrogen (secondary N) is 2. The van der Waals surface area contributed by atoms with Gasteiger partial charge in [-0.2, -0.15) is 5.10 Å². The van der Waals surface area contributed by atoms with E-state index in [9.17, 15) is 14.7 Å². The van der Waals surface area contributed by atoms with Gasteiger partial charge in [-0.1, -0.05) is 29.8 Å². The monoisotopic (exact) mass is 316 g/mol. The van der Waals surface area contributed by atoms with E-state index in [1.165, 1.54) is 4.57 Å². The molecule has 0 aliphatic rings. The smallest absolute Gasteiger partial charge is 0.480 e. The molecule has 1 unspecified atom stereocenters. The van der Waals surface area contributed by atoms with Crippen molar-refractivity contribution >= 4 is 27.8 Å². The van der Waals surface area contributed by atoms with E-state index < -0.39 is 12.0 Å². The van der Waals surface area contributed by atoms with Crippen LogP contribution in [0.2, 0.25) is 0 Å². The van der Waals surface area contributed by atoms with E-state index in [1.54, 1.807) is 18.5 Å². The van der Waals surface area contributed by atoms with Crippen LogP contribution in [0.3, 0.4) is 0 Å². The Morgan fingerprint density at radius 3 is 2.83 bits per heavy atom. The number of nitrogens with zero attached hydrogens (tertiary/aromatic N) is 2. The van der Waals surface area contributed by atoms with Crippen molar-refractivity contribution in [2.45, 2.75) is 12.5 Å². The molecule has 0 radical (unpaired) electrons. The van der Waals surface area contributed by atoms with Crippen molar-refractivity contribution in [1.29, 1.82) is 0 Å². The summed E-state index contributed by atoms with van der Waals surface area (Å²) in [7, 11) is 0. The Balaban J connectivity index is 0.00000169. The molecule has 4 aromatic rings. The molecule has 7 nitrogen and oxygen atoms in total. The van der Waals surface area contributed by atoms with E-state index in [0.29, 0.717) is 11.2 Å². The normalized spacial score (nSPS) is 12.3. The largest absolute Gasteiger partial charge is 1.00 e. The summed E-state index contributed by atoms with van der Waals surface area (Å²) in [5.74, 6) is -1.06. The van der Waals surface area contributed by atoms with Gasteiger partial charge in [0.25, 0.3) is 0 Å². The van der Waals surface area contributed by atoms with Crippen LogP contribution in [0.25, 0.3) is 21.8 Å². The number of benzene rings is 1. The fourth-order valence-electron chi connectivity index (χ4n) is 2.94.